The number of rotatable bonds is 3. The number of hydrogen-bond donors (Lipinski definition) is 2. The summed E-state index contributed by atoms with van der Waals surface area (Å²) in [7, 11) is 1.60. The second-order valence-electron chi connectivity index (χ2n) is 3.13. The van der Waals surface area contributed by atoms with Gasteiger partial charge in [-0.3, -0.25) is 0 Å². The molecule has 0 spiro atoms. The van der Waals surface area contributed by atoms with E-state index in [1.807, 2.05) is 0 Å². The Bertz CT molecular complexity index is 131. The third-order valence-electron chi connectivity index (χ3n) is 2.17. The van der Waals surface area contributed by atoms with Crippen LogP contribution >= 0.6 is 0 Å². The van der Waals surface area contributed by atoms with E-state index in [9.17, 15) is 5.11 Å². The Morgan fingerprint density at radius 3 is 2.92 bits per heavy atom. The molecule has 3 unspecified atom stereocenters. The predicted molar refractivity (Wildman–Crippen MR) is 44.8 cm³/mol. The van der Waals surface area contributed by atoms with Gasteiger partial charge in [0.2, 0.25) is 0 Å². The molecule has 1 aliphatic rings. The molecule has 1 aliphatic heterocycles. The maximum atomic E-state index is 9.47. The molecular formula is C8H17NO3. The van der Waals surface area contributed by atoms with Crippen LogP contribution in [0.4, 0.5) is 0 Å². The molecule has 0 amide bonds. The highest BCUT2D eigenvalue weighted by Crippen LogP contribution is 2.18. The molecule has 4 heteroatoms. The van der Waals surface area contributed by atoms with Crippen LogP contribution in [0.2, 0.25) is 0 Å². The highest BCUT2D eigenvalue weighted by Gasteiger charge is 2.28. The van der Waals surface area contributed by atoms with Gasteiger partial charge >= 0.3 is 0 Å². The van der Waals surface area contributed by atoms with Gasteiger partial charge in [-0.25, -0.2) is 0 Å². The van der Waals surface area contributed by atoms with Gasteiger partial charge in [-0.05, 0) is 12.8 Å². The molecule has 12 heavy (non-hydrogen) atoms. The maximum absolute atomic E-state index is 9.47. The van der Waals surface area contributed by atoms with E-state index in [0.29, 0.717) is 13.2 Å². The smallest absolute Gasteiger partial charge is 0.107 e. The fourth-order valence-electron chi connectivity index (χ4n) is 1.44. The molecule has 0 aliphatic carbocycles. The van der Waals surface area contributed by atoms with E-state index in [1.165, 1.54) is 0 Å². The molecule has 1 heterocycles. The predicted octanol–water partition coefficient (Wildman–Crippen LogP) is -0.500. The number of methoxy groups -OCH3 is 1. The molecule has 4 nitrogen and oxygen atoms in total. The van der Waals surface area contributed by atoms with Crippen LogP contribution < -0.4 is 5.73 Å². The normalized spacial score (nSPS) is 36.8. The molecule has 0 aromatic heterocycles. The fraction of sp³-hybridized carbons (Fsp3) is 1.00. The van der Waals surface area contributed by atoms with Crippen molar-refractivity contribution in [3.63, 3.8) is 0 Å². The van der Waals surface area contributed by atoms with Crippen LogP contribution in [0.5, 0.6) is 0 Å². The number of aliphatic hydroxyl groups excluding tert-OH is 1. The Hall–Kier alpha value is -0.160. The minimum Gasteiger partial charge on any atom is -0.390 e. The molecule has 72 valence electrons. The van der Waals surface area contributed by atoms with Crippen molar-refractivity contribution >= 4 is 0 Å². The summed E-state index contributed by atoms with van der Waals surface area (Å²) in [5.41, 5.74) is 5.46. The van der Waals surface area contributed by atoms with Gasteiger partial charge in [0.1, 0.15) is 6.10 Å². The monoisotopic (exact) mass is 175 g/mol. The van der Waals surface area contributed by atoms with Crippen LogP contribution in [0.25, 0.3) is 0 Å². The van der Waals surface area contributed by atoms with Crippen LogP contribution in [-0.4, -0.2) is 43.7 Å². The molecule has 1 saturated heterocycles. The lowest BCUT2D eigenvalue weighted by Crippen LogP contribution is -2.43. The maximum Gasteiger partial charge on any atom is 0.107 e. The molecule has 1 fully saturated rings. The Kier molecular flexibility index (Phi) is 3.94. The Morgan fingerprint density at radius 2 is 2.33 bits per heavy atom. The van der Waals surface area contributed by atoms with E-state index < -0.39 is 6.10 Å². The standard InChI is InChI=1S/C8H17NO3/c1-11-5-8-7(10)3-2-6(4-9)12-8/h6-8,10H,2-5,9H2,1H3. The summed E-state index contributed by atoms with van der Waals surface area (Å²) in [5.74, 6) is 0. The van der Waals surface area contributed by atoms with Gasteiger partial charge in [-0.2, -0.15) is 0 Å². The summed E-state index contributed by atoms with van der Waals surface area (Å²) < 4.78 is 10.4. The van der Waals surface area contributed by atoms with Crippen molar-refractivity contribution in [1.29, 1.82) is 0 Å². The quantitative estimate of drug-likeness (QED) is 0.607. The molecular weight excluding hydrogens is 158 g/mol. The van der Waals surface area contributed by atoms with E-state index >= 15 is 0 Å². The highest BCUT2D eigenvalue weighted by molar-refractivity contribution is 4.78. The Morgan fingerprint density at radius 1 is 1.58 bits per heavy atom. The van der Waals surface area contributed by atoms with Crippen LogP contribution in [-0.2, 0) is 9.47 Å². The molecule has 0 bridgehead atoms. The van der Waals surface area contributed by atoms with Crippen LogP contribution in [0.15, 0.2) is 0 Å². The van der Waals surface area contributed by atoms with Crippen LogP contribution in [0, 0.1) is 0 Å². The topological polar surface area (TPSA) is 64.7 Å². The summed E-state index contributed by atoms with van der Waals surface area (Å²) in [5, 5.41) is 9.47. The lowest BCUT2D eigenvalue weighted by molar-refractivity contribution is -0.135. The summed E-state index contributed by atoms with van der Waals surface area (Å²) in [6, 6.07) is 0. The summed E-state index contributed by atoms with van der Waals surface area (Å²) >= 11 is 0. The lowest BCUT2D eigenvalue weighted by atomic mass is 10.0. The average molecular weight is 175 g/mol. The average Bonchev–Trinajstić information content (AvgIpc) is 2.09. The Balaban J connectivity index is 2.36. The zero-order valence-electron chi connectivity index (χ0n) is 7.40. The van der Waals surface area contributed by atoms with Gasteiger partial charge in [-0.1, -0.05) is 0 Å². The zero-order chi connectivity index (χ0) is 8.97. The first-order valence-corrected chi connectivity index (χ1v) is 4.30. The summed E-state index contributed by atoms with van der Waals surface area (Å²) in [6.07, 6.45) is 1.10. The highest BCUT2D eigenvalue weighted by atomic mass is 16.5. The van der Waals surface area contributed by atoms with E-state index in [2.05, 4.69) is 0 Å². The number of ether oxygens (including phenoxy) is 2. The molecule has 0 radical (unpaired) electrons. The van der Waals surface area contributed by atoms with Gasteiger partial charge in [0.25, 0.3) is 0 Å². The molecule has 0 aromatic rings. The number of hydrogen-bond acceptors (Lipinski definition) is 4. The molecule has 3 atom stereocenters. The number of aliphatic hydroxyl groups is 1. The summed E-state index contributed by atoms with van der Waals surface area (Å²) in [4.78, 5) is 0. The SMILES string of the molecule is COCC1OC(CN)CCC1O. The van der Waals surface area contributed by atoms with E-state index in [0.717, 1.165) is 12.8 Å². The fourth-order valence-corrected chi connectivity index (χ4v) is 1.44. The minimum absolute atomic E-state index is 0.0912. The Labute approximate surface area is 72.6 Å². The summed E-state index contributed by atoms with van der Waals surface area (Å²) in [6.45, 7) is 0.963. The first kappa shape index (κ1) is 9.92. The van der Waals surface area contributed by atoms with Crippen molar-refractivity contribution in [3.8, 4) is 0 Å². The van der Waals surface area contributed by atoms with Crippen molar-refractivity contribution in [2.75, 3.05) is 20.3 Å². The first-order chi connectivity index (χ1) is 5.77. The second-order valence-corrected chi connectivity index (χ2v) is 3.13. The van der Waals surface area contributed by atoms with Crippen LogP contribution in [0.1, 0.15) is 12.8 Å². The van der Waals surface area contributed by atoms with Crippen molar-refractivity contribution in [1.82, 2.24) is 0 Å². The lowest BCUT2D eigenvalue weighted by Gasteiger charge is -2.32. The van der Waals surface area contributed by atoms with E-state index in [4.69, 9.17) is 15.2 Å². The van der Waals surface area contributed by atoms with Crippen molar-refractivity contribution < 1.29 is 14.6 Å². The first-order valence-electron chi connectivity index (χ1n) is 4.30. The van der Waals surface area contributed by atoms with Crippen LogP contribution in [0.3, 0.4) is 0 Å². The molecule has 0 saturated carbocycles. The van der Waals surface area contributed by atoms with E-state index in [1.54, 1.807) is 7.11 Å². The molecule has 3 N–H and O–H groups in total. The van der Waals surface area contributed by atoms with E-state index in [-0.39, 0.29) is 12.2 Å². The van der Waals surface area contributed by atoms with Crippen molar-refractivity contribution in [2.24, 2.45) is 5.73 Å². The van der Waals surface area contributed by atoms with Gasteiger partial charge in [0.15, 0.2) is 0 Å². The zero-order valence-corrected chi connectivity index (χ0v) is 7.40. The third kappa shape index (κ3) is 2.42. The van der Waals surface area contributed by atoms with Crippen molar-refractivity contribution in [2.45, 2.75) is 31.2 Å². The number of nitrogens with two attached hydrogens (primary N) is 1. The van der Waals surface area contributed by atoms with Gasteiger partial charge in [0, 0.05) is 13.7 Å². The van der Waals surface area contributed by atoms with Gasteiger partial charge in [0.05, 0.1) is 18.8 Å². The van der Waals surface area contributed by atoms with Gasteiger partial charge in [-0.15, -0.1) is 0 Å². The van der Waals surface area contributed by atoms with Crippen molar-refractivity contribution in [3.05, 3.63) is 0 Å². The third-order valence-corrected chi connectivity index (χ3v) is 2.17. The second kappa shape index (κ2) is 4.77. The molecule has 1 rings (SSSR count). The largest absolute Gasteiger partial charge is 0.390 e. The molecule has 0 aromatic carbocycles. The van der Waals surface area contributed by atoms with Gasteiger partial charge < -0.3 is 20.3 Å². The minimum atomic E-state index is -0.396.